The Morgan fingerprint density at radius 2 is 2.06 bits per heavy atom. The first-order valence-electron chi connectivity index (χ1n) is 6.68. The first-order chi connectivity index (χ1) is 8.46. The Bertz CT molecular complexity index is 417. The number of benzene rings is 1. The van der Waals surface area contributed by atoms with Gasteiger partial charge in [-0.3, -0.25) is 0 Å². The summed E-state index contributed by atoms with van der Waals surface area (Å²) in [5, 5.41) is 4.42. The number of hydrogen-bond acceptors (Lipinski definition) is 1. The molecule has 0 saturated heterocycles. The van der Waals surface area contributed by atoms with E-state index < -0.39 is 0 Å². The second kappa shape index (κ2) is 5.83. The third-order valence-electron chi connectivity index (χ3n) is 3.87. The second-order valence-corrected chi connectivity index (χ2v) is 7.35. The van der Waals surface area contributed by atoms with Gasteiger partial charge >= 0.3 is 0 Å². The third-order valence-corrected chi connectivity index (χ3v) is 4.76. The van der Waals surface area contributed by atoms with E-state index in [9.17, 15) is 0 Å². The molecule has 1 aromatic rings. The summed E-state index contributed by atoms with van der Waals surface area (Å²) in [4.78, 5) is 0. The quantitative estimate of drug-likeness (QED) is 0.668. The maximum Gasteiger partial charge on any atom is 0.0487 e. The van der Waals surface area contributed by atoms with Crippen LogP contribution >= 0.6 is 27.5 Å². The van der Waals surface area contributed by atoms with E-state index in [-0.39, 0.29) is 0 Å². The van der Waals surface area contributed by atoms with Crippen molar-refractivity contribution in [3.63, 3.8) is 0 Å². The number of hydrogen-bond donors (Lipinski definition) is 1. The van der Waals surface area contributed by atoms with E-state index in [1.165, 1.54) is 32.1 Å². The van der Waals surface area contributed by atoms with Crippen LogP contribution in [-0.4, -0.2) is 6.04 Å². The molecule has 1 aliphatic rings. The Balaban J connectivity index is 2.01. The van der Waals surface area contributed by atoms with E-state index in [4.69, 9.17) is 11.6 Å². The Kier molecular flexibility index (Phi) is 4.60. The molecule has 1 unspecified atom stereocenters. The average molecular weight is 331 g/mol. The highest BCUT2D eigenvalue weighted by Crippen LogP contribution is 2.35. The van der Waals surface area contributed by atoms with Crippen LogP contribution in [0.25, 0.3) is 0 Å². The molecule has 1 aliphatic carbocycles. The van der Waals surface area contributed by atoms with E-state index in [0.29, 0.717) is 11.5 Å². The lowest BCUT2D eigenvalue weighted by atomic mass is 9.85. The maximum absolute atomic E-state index is 5.97. The molecule has 1 fully saturated rings. The zero-order valence-electron chi connectivity index (χ0n) is 11.1. The molecule has 1 saturated carbocycles. The lowest BCUT2D eigenvalue weighted by Crippen LogP contribution is -2.19. The first-order valence-corrected chi connectivity index (χ1v) is 7.85. The highest BCUT2D eigenvalue weighted by atomic mass is 79.9. The fourth-order valence-corrected chi connectivity index (χ4v) is 3.43. The topological polar surface area (TPSA) is 12.0 Å². The molecule has 0 aliphatic heterocycles. The zero-order valence-corrected chi connectivity index (χ0v) is 13.4. The molecular weight excluding hydrogens is 310 g/mol. The molecule has 2 rings (SSSR count). The fourth-order valence-electron chi connectivity index (χ4n) is 2.63. The van der Waals surface area contributed by atoms with Crippen molar-refractivity contribution in [1.82, 2.24) is 0 Å². The number of nitrogens with one attached hydrogen (secondary N) is 1. The summed E-state index contributed by atoms with van der Waals surface area (Å²) >= 11 is 9.53. The summed E-state index contributed by atoms with van der Waals surface area (Å²) < 4.78 is 1.05. The van der Waals surface area contributed by atoms with E-state index in [1.807, 2.05) is 12.1 Å². The van der Waals surface area contributed by atoms with Gasteiger partial charge in [-0.25, -0.2) is 0 Å². The molecule has 100 valence electrons. The van der Waals surface area contributed by atoms with Gasteiger partial charge in [-0.2, -0.15) is 0 Å². The molecule has 1 N–H and O–H groups in total. The van der Waals surface area contributed by atoms with Gasteiger partial charge in [0.05, 0.1) is 0 Å². The molecular formula is C15H21BrClN. The van der Waals surface area contributed by atoms with Crippen LogP contribution in [0.2, 0.25) is 5.02 Å². The van der Waals surface area contributed by atoms with Gasteiger partial charge in [-0.1, -0.05) is 31.9 Å². The minimum atomic E-state index is 0.508. The van der Waals surface area contributed by atoms with E-state index in [1.54, 1.807) is 0 Å². The van der Waals surface area contributed by atoms with Gasteiger partial charge < -0.3 is 5.32 Å². The van der Waals surface area contributed by atoms with Crippen LogP contribution in [0, 0.1) is 5.41 Å². The van der Waals surface area contributed by atoms with Crippen molar-refractivity contribution in [3.8, 4) is 0 Å². The first kappa shape index (κ1) is 14.2. The average Bonchev–Trinajstić information content (AvgIpc) is 2.44. The lowest BCUT2D eigenvalue weighted by Gasteiger charge is -2.22. The monoisotopic (exact) mass is 329 g/mol. The Morgan fingerprint density at radius 1 is 1.28 bits per heavy atom. The Morgan fingerprint density at radius 3 is 2.78 bits per heavy atom. The molecule has 0 radical (unpaired) electrons. The van der Waals surface area contributed by atoms with Gasteiger partial charge in [0.25, 0.3) is 0 Å². The molecule has 0 amide bonds. The van der Waals surface area contributed by atoms with Gasteiger partial charge in [-0.15, -0.1) is 0 Å². The summed E-state index contributed by atoms with van der Waals surface area (Å²) in [6, 6.07) is 6.53. The van der Waals surface area contributed by atoms with Crippen molar-refractivity contribution < 1.29 is 0 Å². The standard InChI is InChI=1S/C15H21BrClN/c1-15(2)8-3-4-12(7-9-15)18-14-6-5-11(17)10-13(14)16/h5-6,10,12,18H,3-4,7-9H2,1-2H3. The van der Waals surface area contributed by atoms with Crippen LogP contribution in [0.4, 0.5) is 5.69 Å². The lowest BCUT2D eigenvalue weighted by molar-refractivity contribution is 0.313. The zero-order chi connectivity index (χ0) is 13.2. The van der Waals surface area contributed by atoms with Gasteiger partial charge in [0.1, 0.15) is 0 Å². The smallest absolute Gasteiger partial charge is 0.0487 e. The van der Waals surface area contributed by atoms with E-state index in [2.05, 4.69) is 41.2 Å². The second-order valence-electron chi connectivity index (χ2n) is 6.06. The maximum atomic E-state index is 5.97. The van der Waals surface area contributed by atoms with Crippen LogP contribution in [0.1, 0.15) is 46.0 Å². The summed E-state index contributed by atoms with van der Waals surface area (Å²) in [6.45, 7) is 4.77. The summed E-state index contributed by atoms with van der Waals surface area (Å²) in [7, 11) is 0. The molecule has 0 spiro atoms. The predicted octanol–water partition coefficient (Wildman–Crippen LogP) is 5.87. The molecule has 3 heteroatoms. The third kappa shape index (κ3) is 3.89. The van der Waals surface area contributed by atoms with Crippen molar-refractivity contribution in [1.29, 1.82) is 0 Å². The van der Waals surface area contributed by atoms with Crippen LogP contribution in [0.15, 0.2) is 22.7 Å². The van der Waals surface area contributed by atoms with Gasteiger partial charge in [0.15, 0.2) is 0 Å². The molecule has 18 heavy (non-hydrogen) atoms. The van der Waals surface area contributed by atoms with Crippen LogP contribution < -0.4 is 5.32 Å². The Labute approximate surface area is 123 Å². The predicted molar refractivity (Wildman–Crippen MR) is 83.4 cm³/mol. The van der Waals surface area contributed by atoms with Gasteiger partial charge in [0.2, 0.25) is 0 Å². The normalized spacial score (nSPS) is 23.4. The van der Waals surface area contributed by atoms with Crippen LogP contribution in [0.5, 0.6) is 0 Å². The number of anilines is 1. The van der Waals surface area contributed by atoms with Gasteiger partial charge in [0, 0.05) is 21.2 Å². The number of rotatable bonds is 2. The minimum absolute atomic E-state index is 0.508. The van der Waals surface area contributed by atoms with Crippen molar-refractivity contribution >= 4 is 33.2 Å². The SMILES string of the molecule is CC1(C)CCCC(Nc2ccc(Cl)cc2Br)CC1. The van der Waals surface area contributed by atoms with Crippen molar-refractivity contribution in [2.75, 3.05) is 5.32 Å². The molecule has 1 aromatic carbocycles. The largest absolute Gasteiger partial charge is 0.381 e. The van der Waals surface area contributed by atoms with Crippen molar-refractivity contribution in [2.24, 2.45) is 5.41 Å². The molecule has 0 bridgehead atoms. The van der Waals surface area contributed by atoms with E-state index in [0.717, 1.165) is 15.2 Å². The van der Waals surface area contributed by atoms with Crippen molar-refractivity contribution in [2.45, 2.75) is 52.0 Å². The van der Waals surface area contributed by atoms with Crippen molar-refractivity contribution in [3.05, 3.63) is 27.7 Å². The minimum Gasteiger partial charge on any atom is -0.381 e. The van der Waals surface area contributed by atoms with Gasteiger partial charge in [-0.05, 0) is 65.2 Å². The Hall–Kier alpha value is -0.210. The summed E-state index contributed by atoms with van der Waals surface area (Å²) in [5.74, 6) is 0. The molecule has 1 atom stereocenters. The highest BCUT2D eigenvalue weighted by Gasteiger charge is 2.24. The van der Waals surface area contributed by atoms with Crippen LogP contribution in [0.3, 0.4) is 0 Å². The highest BCUT2D eigenvalue weighted by molar-refractivity contribution is 9.10. The summed E-state index contributed by atoms with van der Waals surface area (Å²) in [6.07, 6.45) is 6.47. The fraction of sp³-hybridized carbons (Fsp3) is 0.600. The molecule has 0 heterocycles. The number of halogens is 2. The van der Waals surface area contributed by atoms with E-state index >= 15 is 0 Å². The van der Waals surface area contributed by atoms with Crippen LogP contribution in [-0.2, 0) is 0 Å². The molecule has 1 nitrogen and oxygen atoms in total. The molecule has 0 aromatic heterocycles. The summed E-state index contributed by atoms with van der Waals surface area (Å²) in [5.41, 5.74) is 1.66.